The maximum absolute atomic E-state index is 6.94. The van der Waals surface area contributed by atoms with Gasteiger partial charge in [0.25, 0.3) is 0 Å². The summed E-state index contributed by atoms with van der Waals surface area (Å²) in [6.07, 6.45) is 20.2. The molecule has 5 fully saturated rings. The molecule has 10 unspecified atom stereocenters. The molecule has 1 nitrogen and oxygen atoms in total. The van der Waals surface area contributed by atoms with Gasteiger partial charge in [0.1, 0.15) is 7.85 Å². The summed E-state index contributed by atoms with van der Waals surface area (Å²) in [7, 11) is 2.24. The molecule has 0 aromatic heterocycles. The highest BCUT2D eigenvalue weighted by atomic mass is 16.5. The van der Waals surface area contributed by atoms with E-state index in [-0.39, 0.29) is 11.6 Å². The van der Waals surface area contributed by atoms with E-state index in [0.29, 0.717) is 33.0 Å². The fourth-order valence-electron chi connectivity index (χ4n) is 12.9. The second-order valence-electron chi connectivity index (χ2n) is 15.9. The first-order valence-corrected chi connectivity index (χ1v) is 15.4. The van der Waals surface area contributed by atoms with Crippen molar-refractivity contribution in [2.24, 2.45) is 56.7 Å². The van der Waals surface area contributed by atoms with E-state index in [0.717, 1.165) is 42.9 Å². The molecule has 5 aliphatic rings. The van der Waals surface area contributed by atoms with Crippen LogP contribution < -0.4 is 0 Å². The summed E-state index contributed by atoms with van der Waals surface area (Å²) < 4.78 is 6.94. The number of terminal acetylenes is 1. The van der Waals surface area contributed by atoms with Gasteiger partial charge in [0.15, 0.2) is 0 Å². The van der Waals surface area contributed by atoms with Gasteiger partial charge in [-0.1, -0.05) is 48.0 Å². The van der Waals surface area contributed by atoms with E-state index in [4.69, 9.17) is 11.2 Å². The quantitative estimate of drug-likeness (QED) is 0.214. The lowest BCUT2D eigenvalue weighted by Crippen LogP contribution is -2.63. The molecular weight excluding hydrogens is 423 g/mol. The van der Waals surface area contributed by atoms with Gasteiger partial charge in [0, 0.05) is 12.4 Å². The lowest BCUT2D eigenvalue weighted by Gasteiger charge is -2.69. The van der Waals surface area contributed by atoms with E-state index in [1.54, 1.807) is 0 Å². The lowest BCUT2D eigenvalue weighted by molar-refractivity contribution is -0.217. The molecule has 35 heavy (non-hydrogen) atoms. The van der Waals surface area contributed by atoms with Crippen LogP contribution in [0.3, 0.4) is 0 Å². The summed E-state index contributed by atoms with van der Waals surface area (Å²) >= 11 is 0. The van der Waals surface area contributed by atoms with Crippen LogP contribution in [0.1, 0.15) is 126 Å². The molecule has 5 rings (SSSR count). The summed E-state index contributed by atoms with van der Waals surface area (Å²) in [5.74, 6) is 7.09. The predicted molar refractivity (Wildman–Crippen MR) is 151 cm³/mol. The van der Waals surface area contributed by atoms with E-state index < -0.39 is 0 Å². The third kappa shape index (κ3) is 3.18. The number of rotatable bonds is 6. The highest BCUT2D eigenvalue weighted by Crippen LogP contribution is 2.90. The molecule has 0 heterocycles. The Morgan fingerprint density at radius 2 is 1.77 bits per heavy atom. The first-order valence-electron chi connectivity index (χ1n) is 15.4. The largest absolute Gasteiger partial charge is 0.381 e. The highest BCUT2D eigenvalue weighted by molar-refractivity contribution is 6.10. The van der Waals surface area contributed by atoms with E-state index in [2.05, 4.69) is 69.2 Å². The topological polar surface area (TPSA) is 9.23 Å². The second-order valence-corrected chi connectivity index (χ2v) is 15.9. The van der Waals surface area contributed by atoms with Crippen molar-refractivity contribution in [1.82, 2.24) is 0 Å². The molecule has 0 aliphatic heterocycles. The Labute approximate surface area is 219 Å². The number of fused-ring (bicyclic) bond motifs is 4. The zero-order valence-electron chi connectivity index (χ0n) is 24.7. The Balaban J connectivity index is 1.55. The number of unbranched alkanes of at least 4 members (excludes halogenated alkanes) is 1. The van der Waals surface area contributed by atoms with Crippen LogP contribution in [0.2, 0.25) is 0 Å². The minimum absolute atomic E-state index is 0.0527. The van der Waals surface area contributed by atoms with E-state index in [9.17, 15) is 0 Å². The first kappa shape index (κ1) is 26.2. The van der Waals surface area contributed by atoms with E-state index >= 15 is 0 Å². The molecule has 5 aliphatic carbocycles. The van der Waals surface area contributed by atoms with Gasteiger partial charge in [-0.2, -0.15) is 0 Å². The van der Waals surface area contributed by atoms with Gasteiger partial charge >= 0.3 is 0 Å². The molecule has 0 aromatic carbocycles. The second kappa shape index (κ2) is 8.04. The van der Waals surface area contributed by atoms with Gasteiger partial charge in [-0.3, -0.25) is 0 Å². The average Bonchev–Trinajstić information content (AvgIpc) is 3.17. The first-order chi connectivity index (χ1) is 16.2. The minimum Gasteiger partial charge on any atom is -0.381 e. The summed E-state index contributed by atoms with van der Waals surface area (Å²) in [5.41, 5.74) is 2.33. The number of hydrogen-bond donors (Lipinski definition) is 0. The minimum atomic E-state index is -0.0527. The normalized spacial score (nSPS) is 52.1. The molecule has 0 aromatic rings. The van der Waals surface area contributed by atoms with E-state index in [1.165, 1.54) is 51.4 Å². The fraction of sp³-hybridized carbons (Fsp3) is 0.939. The van der Waals surface area contributed by atoms with Crippen LogP contribution in [0.25, 0.3) is 0 Å². The summed E-state index contributed by atoms with van der Waals surface area (Å²) in [6, 6.07) is 0.271. The van der Waals surface area contributed by atoms with Crippen molar-refractivity contribution < 1.29 is 4.74 Å². The lowest BCUT2D eigenvalue weighted by atomic mass is 9.35. The molecule has 1 spiro atoms. The van der Waals surface area contributed by atoms with Crippen molar-refractivity contribution in [3.05, 3.63) is 0 Å². The third-order valence-electron chi connectivity index (χ3n) is 14.1. The predicted octanol–water partition coefficient (Wildman–Crippen LogP) is 7.87. The van der Waals surface area contributed by atoms with Gasteiger partial charge in [-0.15, -0.1) is 12.3 Å². The Hall–Kier alpha value is -0.415. The molecule has 0 N–H and O–H groups in total. The Bertz CT molecular complexity index is 886. The van der Waals surface area contributed by atoms with E-state index in [1.807, 2.05) is 0 Å². The molecule has 0 saturated heterocycles. The van der Waals surface area contributed by atoms with Crippen LogP contribution in [0, 0.1) is 69.0 Å². The summed E-state index contributed by atoms with van der Waals surface area (Å²) in [6.45, 7) is 20.9. The maximum atomic E-state index is 6.94. The van der Waals surface area contributed by atoms with Crippen molar-refractivity contribution in [3.63, 3.8) is 0 Å². The summed E-state index contributed by atoms with van der Waals surface area (Å²) in [5, 5.41) is 0. The molecule has 5 saturated carbocycles. The van der Waals surface area contributed by atoms with Gasteiger partial charge in [0.2, 0.25) is 0 Å². The van der Waals surface area contributed by atoms with Crippen molar-refractivity contribution in [2.45, 2.75) is 138 Å². The van der Waals surface area contributed by atoms with Gasteiger partial charge in [-0.25, -0.2) is 0 Å². The Kier molecular flexibility index (Phi) is 6.02. The fourth-order valence-corrected chi connectivity index (χ4v) is 12.9. The number of ether oxygens (including phenoxy) is 1. The van der Waals surface area contributed by atoms with Gasteiger partial charge < -0.3 is 4.74 Å². The molecule has 11 atom stereocenters. The van der Waals surface area contributed by atoms with Crippen LogP contribution in [0.5, 0.6) is 0 Å². The zero-order chi connectivity index (χ0) is 25.7. The third-order valence-corrected chi connectivity index (χ3v) is 14.1. The molecule has 196 valence electrons. The highest BCUT2D eigenvalue weighted by Gasteiger charge is 2.85. The van der Waals surface area contributed by atoms with Crippen molar-refractivity contribution in [2.75, 3.05) is 0 Å². The monoisotopic (exact) mass is 478 g/mol. The molecular formula is C33H55BO. The van der Waals surface area contributed by atoms with Crippen LogP contribution >= 0.6 is 0 Å². The molecule has 0 bridgehead atoms. The Morgan fingerprint density at radius 3 is 2.43 bits per heavy atom. The van der Waals surface area contributed by atoms with Crippen LogP contribution in [0.15, 0.2) is 0 Å². The zero-order valence-corrected chi connectivity index (χ0v) is 24.7. The summed E-state index contributed by atoms with van der Waals surface area (Å²) in [4.78, 5) is 0. The Morgan fingerprint density at radius 1 is 1.06 bits per heavy atom. The van der Waals surface area contributed by atoms with Crippen LogP contribution in [-0.4, -0.2) is 19.5 Å². The van der Waals surface area contributed by atoms with Gasteiger partial charge in [-0.05, 0) is 128 Å². The van der Waals surface area contributed by atoms with Crippen molar-refractivity contribution in [1.29, 1.82) is 0 Å². The molecule has 2 heteroatoms. The van der Waals surface area contributed by atoms with Crippen molar-refractivity contribution in [3.8, 4) is 12.3 Å². The van der Waals surface area contributed by atoms with Crippen LogP contribution in [0.4, 0.5) is 0 Å². The SMILES string of the molecule is BC(C)OC(C)(CCCC#C)C1CC[C@@]2(C)C3(C)CCC4C(C)(C)CCCC4(C)C3CC3C(C)C312. The van der Waals surface area contributed by atoms with Gasteiger partial charge in [0.05, 0.1) is 5.60 Å². The number of hydrogen-bond acceptors (Lipinski definition) is 1. The maximum Gasteiger partial charge on any atom is 0.138 e. The van der Waals surface area contributed by atoms with Crippen LogP contribution in [-0.2, 0) is 4.74 Å². The van der Waals surface area contributed by atoms with Crippen molar-refractivity contribution >= 4 is 7.85 Å². The molecule has 0 radical (unpaired) electrons. The standard InChI is InChI=1S/C33H55BO/c1-10-11-12-18-31(8,35-23(3)34)26-15-20-32(9)30(7)19-14-25-28(4,5)16-13-17-29(25,6)27(30)21-24-22(2)33(24,26)32/h1,22-27H,11-21,34H2,2-9H3/t22?,23?,24?,25?,26?,27?,29?,30?,31?,32-,33?/m0/s1. The molecule has 0 amide bonds. The average molecular weight is 479 g/mol. The smallest absolute Gasteiger partial charge is 0.138 e.